The Bertz CT molecular complexity index is 604. The molecule has 0 saturated carbocycles. The highest BCUT2D eigenvalue weighted by Gasteiger charge is 2.17. The molecule has 118 valence electrons. The summed E-state index contributed by atoms with van der Waals surface area (Å²) in [5.41, 5.74) is 0. The van der Waals surface area contributed by atoms with Crippen LogP contribution in [0.1, 0.15) is 26.7 Å². The van der Waals surface area contributed by atoms with Gasteiger partial charge in [-0.1, -0.05) is 13.3 Å². The van der Waals surface area contributed by atoms with Crippen LogP contribution in [-0.4, -0.2) is 27.0 Å². The van der Waals surface area contributed by atoms with E-state index in [2.05, 4.69) is 21.2 Å². The number of sulfonamides is 1. The van der Waals surface area contributed by atoms with Crippen LogP contribution in [0.25, 0.3) is 0 Å². The van der Waals surface area contributed by atoms with E-state index in [4.69, 9.17) is 9.88 Å². The molecule has 1 aromatic rings. The van der Waals surface area contributed by atoms with Crippen molar-refractivity contribution in [1.29, 1.82) is 0 Å². The van der Waals surface area contributed by atoms with Gasteiger partial charge in [0.05, 0.1) is 9.37 Å². The van der Waals surface area contributed by atoms with Crippen LogP contribution >= 0.6 is 15.9 Å². The smallest absolute Gasteiger partial charge is 0.260 e. The predicted octanol–water partition coefficient (Wildman–Crippen LogP) is 1.78. The van der Waals surface area contributed by atoms with E-state index in [9.17, 15) is 13.2 Å². The number of hydrogen-bond donors (Lipinski definition) is 2. The topological polar surface area (TPSA) is 98.5 Å². The van der Waals surface area contributed by atoms with Gasteiger partial charge in [-0.15, -0.1) is 0 Å². The van der Waals surface area contributed by atoms with E-state index in [1.807, 2.05) is 6.92 Å². The number of carbonyl (C=O) groups is 1. The highest BCUT2D eigenvalue weighted by Crippen LogP contribution is 2.28. The molecule has 0 saturated heterocycles. The van der Waals surface area contributed by atoms with Crippen molar-refractivity contribution in [2.45, 2.75) is 37.7 Å². The van der Waals surface area contributed by atoms with Crippen molar-refractivity contribution in [1.82, 2.24) is 5.32 Å². The molecule has 1 atom stereocenters. The Morgan fingerprint density at radius 1 is 1.48 bits per heavy atom. The number of halogens is 1. The molecule has 0 spiro atoms. The van der Waals surface area contributed by atoms with Gasteiger partial charge in [0.15, 0.2) is 6.10 Å². The molecule has 0 radical (unpaired) electrons. The summed E-state index contributed by atoms with van der Waals surface area (Å²) in [4.78, 5) is 11.8. The Morgan fingerprint density at radius 3 is 2.67 bits per heavy atom. The lowest BCUT2D eigenvalue weighted by atomic mass is 10.3. The summed E-state index contributed by atoms with van der Waals surface area (Å²) in [5, 5.41) is 7.80. The minimum Gasteiger partial charge on any atom is -0.480 e. The van der Waals surface area contributed by atoms with Gasteiger partial charge in [0.25, 0.3) is 5.91 Å². The van der Waals surface area contributed by atoms with Gasteiger partial charge in [0.1, 0.15) is 5.75 Å². The molecule has 0 aliphatic rings. The second-order valence-electron chi connectivity index (χ2n) is 4.54. The van der Waals surface area contributed by atoms with Crippen molar-refractivity contribution >= 4 is 31.9 Å². The molecule has 1 unspecified atom stereocenters. The van der Waals surface area contributed by atoms with Crippen LogP contribution in [0.2, 0.25) is 0 Å². The third-order valence-corrected chi connectivity index (χ3v) is 4.27. The van der Waals surface area contributed by atoms with Gasteiger partial charge >= 0.3 is 0 Å². The standard InChI is InChI=1S/C13H19BrN2O4S/c1-3-4-7-16-13(17)9(2)20-12-6-5-10(8-11(12)14)21(15,18)19/h5-6,8-9H,3-4,7H2,1-2H3,(H,16,17)(H2,15,18,19). The van der Waals surface area contributed by atoms with Crippen LogP contribution in [0, 0.1) is 0 Å². The summed E-state index contributed by atoms with van der Waals surface area (Å²) in [5.74, 6) is 0.159. The number of carbonyl (C=O) groups excluding carboxylic acids is 1. The molecule has 1 rings (SSSR count). The third kappa shape index (κ3) is 5.64. The minimum absolute atomic E-state index is 0.0261. The molecule has 0 aliphatic heterocycles. The molecule has 0 heterocycles. The van der Waals surface area contributed by atoms with Gasteiger partial charge in [-0.3, -0.25) is 4.79 Å². The summed E-state index contributed by atoms with van der Waals surface area (Å²) in [7, 11) is -3.77. The number of unbranched alkanes of at least 4 members (excludes halogenated alkanes) is 1. The maximum absolute atomic E-state index is 11.8. The van der Waals surface area contributed by atoms with E-state index >= 15 is 0 Å². The minimum atomic E-state index is -3.77. The molecule has 8 heteroatoms. The van der Waals surface area contributed by atoms with Crippen LogP contribution < -0.4 is 15.2 Å². The first-order chi connectivity index (χ1) is 9.75. The van der Waals surface area contributed by atoms with Crippen molar-refractivity contribution in [2.24, 2.45) is 5.14 Å². The van der Waals surface area contributed by atoms with Crippen molar-refractivity contribution in [3.05, 3.63) is 22.7 Å². The number of hydrogen-bond acceptors (Lipinski definition) is 4. The first-order valence-electron chi connectivity index (χ1n) is 6.52. The maximum Gasteiger partial charge on any atom is 0.260 e. The number of benzene rings is 1. The number of primary sulfonamides is 1. The summed E-state index contributed by atoms with van der Waals surface area (Å²) in [6.07, 6.45) is 1.22. The number of rotatable bonds is 7. The molecule has 1 aromatic carbocycles. The summed E-state index contributed by atoms with van der Waals surface area (Å²) in [6.45, 7) is 4.27. The van der Waals surface area contributed by atoms with E-state index < -0.39 is 16.1 Å². The molecule has 21 heavy (non-hydrogen) atoms. The van der Waals surface area contributed by atoms with Crippen molar-refractivity contribution in [3.8, 4) is 5.75 Å². The third-order valence-electron chi connectivity index (χ3n) is 2.73. The normalized spacial score (nSPS) is 12.8. The average molecular weight is 379 g/mol. The molecule has 0 aromatic heterocycles. The Morgan fingerprint density at radius 2 is 2.14 bits per heavy atom. The largest absolute Gasteiger partial charge is 0.480 e. The highest BCUT2D eigenvalue weighted by atomic mass is 79.9. The number of ether oxygens (including phenoxy) is 1. The molecular formula is C13H19BrN2O4S. The fourth-order valence-corrected chi connectivity index (χ4v) is 2.69. The van der Waals surface area contributed by atoms with Gasteiger partial charge in [-0.25, -0.2) is 13.6 Å². The Labute approximate surface area is 133 Å². The van der Waals surface area contributed by atoms with Gasteiger partial charge < -0.3 is 10.1 Å². The van der Waals surface area contributed by atoms with Gasteiger partial charge in [0, 0.05) is 6.54 Å². The summed E-state index contributed by atoms with van der Waals surface area (Å²) < 4.78 is 28.4. The zero-order chi connectivity index (χ0) is 16.0. The maximum atomic E-state index is 11.8. The Kier molecular flexibility index (Phi) is 6.63. The van der Waals surface area contributed by atoms with Crippen LogP contribution in [0.3, 0.4) is 0 Å². The van der Waals surface area contributed by atoms with Gasteiger partial charge in [0.2, 0.25) is 10.0 Å². The van der Waals surface area contributed by atoms with Crippen molar-refractivity contribution in [3.63, 3.8) is 0 Å². The van der Waals surface area contributed by atoms with Gasteiger partial charge in [-0.2, -0.15) is 0 Å². The fraction of sp³-hybridized carbons (Fsp3) is 0.462. The summed E-state index contributed by atoms with van der Waals surface area (Å²) >= 11 is 3.20. The molecule has 3 N–H and O–H groups in total. The lowest BCUT2D eigenvalue weighted by Crippen LogP contribution is -2.36. The van der Waals surface area contributed by atoms with E-state index in [0.29, 0.717) is 16.8 Å². The fourth-order valence-electron chi connectivity index (χ4n) is 1.53. The number of nitrogens with two attached hydrogens (primary N) is 1. The monoisotopic (exact) mass is 378 g/mol. The zero-order valence-corrected chi connectivity index (χ0v) is 14.3. The zero-order valence-electron chi connectivity index (χ0n) is 11.9. The Hall–Kier alpha value is -1.12. The molecule has 0 fully saturated rings. The lowest BCUT2D eigenvalue weighted by Gasteiger charge is -2.16. The second-order valence-corrected chi connectivity index (χ2v) is 6.96. The summed E-state index contributed by atoms with van der Waals surface area (Å²) in [6, 6.07) is 4.13. The Balaban J connectivity index is 2.73. The number of nitrogens with one attached hydrogen (secondary N) is 1. The van der Waals surface area contributed by atoms with Crippen molar-refractivity contribution in [2.75, 3.05) is 6.54 Å². The van der Waals surface area contributed by atoms with Crippen LogP contribution in [0.4, 0.5) is 0 Å². The van der Waals surface area contributed by atoms with E-state index in [1.54, 1.807) is 6.92 Å². The van der Waals surface area contributed by atoms with Gasteiger partial charge in [-0.05, 0) is 47.5 Å². The molecule has 6 nitrogen and oxygen atoms in total. The molecule has 0 bridgehead atoms. The van der Waals surface area contributed by atoms with E-state index in [0.717, 1.165) is 12.8 Å². The van der Waals surface area contributed by atoms with Crippen LogP contribution in [0.5, 0.6) is 5.75 Å². The first kappa shape index (κ1) is 17.9. The predicted molar refractivity (Wildman–Crippen MR) is 83.5 cm³/mol. The van der Waals surface area contributed by atoms with E-state index in [-0.39, 0.29) is 10.8 Å². The van der Waals surface area contributed by atoms with Crippen molar-refractivity contribution < 1.29 is 17.9 Å². The van der Waals surface area contributed by atoms with Crippen LogP contribution in [-0.2, 0) is 14.8 Å². The molecule has 1 amide bonds. The molecular weight excluding hydrogens is 360 g/mol. The average Bonchev–Trinajstić information content (AvgIpc) is 2.39. The highest BCUT2D eigenvalue weighted by molar-refractivity contribution is 9.10. The first-order valence-corrected chi connectivity index (χ1v) is 8.86. The molecule has 0 aliphatic carbocycles. The SMILES string of the molecule is CCCCNC(=O)C(C)Oc1ccc(S(N)(=O)=O)cc1Br. The van der Waals surface area contributed by atoms with E-state index in [1.165, 1.54) is 18.2 Å². The van der Waals surface area contributed by atoms with Crippen LogP contribution in [0.15, 0.2) is 27.6 Å². The quantitative estimate of drug-likeness (QED) is 0.706. The lowest BCUT2D eigenvalue weighted by molar-refractivity contribution is -0.127. The number of amides is 1. The second kappa shape index (κ2) is 7.77.